The van der Waals surface area contributed by atoms with Crippen molar-refractivity contribution in [1.82, 2.24) is 9.80 Å². The molecule has 1 heterocycles. The molecule has 1 saturated heterocycles. The van der Waals surface area contributed by atoms with E-state index in [0.717, 1.165) is 12.5 Å². The summed E-state index contributed by atoms with van der Waals surface area (Å²) in [4.78, 5) is 5.30. The predicted molar refractivity (Wildman–Crippen MR) is 73.1 cm³/mol. The van der Waals surface area contributed by atoms with E-state index in [1.54, 1.807) is 0 Å². The zero-order valence-electron chi connectivity index (χ0n) is 11.6. The molecule has 0 aromatic carbocycles. The zero-order valence-corrected chi connectivity index (χ0v) is 11.6. The highest BCUT2D eigenvalue weighted by Crippen LogP contribution is 2.44. The summed E-state index contributed by atoms with van der Waals surface area (Å²) in [5, 5.41) is 0. The van der Waals surface area contributed by atoms with Gasteiger partial charge in [-0.1, -0.05) is 13.8 Å². The molecule has 2 rings (SSSR count). The highest BCUT2D eigenvalue weighted by Gasteiger charge is 2.47. The Morgan fingerprint density at radius 3 is 2.18 bits per heavy atom. The van der Waals surface area contributed by atoms with Crippen LogP contribution in [0.3, 0.4) is 0 Å². The van der Waals surface area contributed by atoms with Crippen LogP contribution in [0.4, 0.5) is 0 Å². The van der Waals surface area contributed by atoms with Crippen LogP contribution >= 0.6 is 0 Å². The number of rotatable bonds is 6. The van der Waals surface area contributed by atoms with Gasteiger partial charge in [-0.3, -0.25) is 4.90 Å². The first-order valence-corrected chi connectivity index (χ1v) is 7.44. The number of nitrogens with two attached hydrogens (primary N) is 1. The van der Waals surface area contributed by atoms with E-state index in [4.69, 9.17) is 5.73 Å². The van der Waals surface area contributed by atoms with Crippen molar-refractivity contribution >= 4 is 0 Å². The van der Waals surface area contributed by atoms with Gasteiger partial charge in [0.2, 0.25) is 0 Å². The highest BCUT2D eigenvalue weighted by molar-refractivity contribution is 5.03. The molecule has 0 radical (unpaired) electrons. The summed E-state index contributed by atoms with van der Waals surface area (Å²) in [5.41, 5.74) is 6.46. The van der Waals surface area contributed by atoms with Crippen LogP contribution in [0.15, 0.2) is 0 Å². The lowest BCUT2D eigenvalue weighted by Crippen LogP contribution is -2.61. The van der Waals surface area contributed by atoms with Crippen molar-refractivity contribution < 1.29 is 0 Å². The lowest BCUT2D eigenvalue weighted by molar-refractivity contribution is 0.0194. The van der Waals surface area contributed by atoms with Gasteiger partial charge in [0.05, 0.1) is 0 Å². The van der Waals surface area contributed by atoms with E-state index in [1.807, 2.05) is 0 Å². The van der Waals surface area contributed by atoms with Crippen LogP contribution in [-0.4, -0.2) is 54.6 Å². The molecule has 1 unspecified atom stereocenters. The molecule has 3 heteroatoms. The smallest absolute Gasteiger partial charge is 0.0358 e. The van der Waals surface area contributed by atoms with E-state index >= 15 is 0 Å². The SMILES string of the molecule is CCCN1CCN(C(CC)(CN)C2CC2)CC1. The van der Waals surface area contributed by atoms with Crippen LogP contribution in [-0.2, 0) is 0 Å². The molecule has 2 fully saturated rings. The van der Waals surface area contributed by atoms with Gasteiger partial charge in [-0.05, 0) is 38.1 Å². The normalized spacial score (nSPS) is 27.0. The van der Waals surface area contributed by atoms with Crippen molar-refractivity contribution in [2.24, 2.45) is 11.7 Å². The van der Waals surface area contributed by atoms with Gasteiger partial charge in [0.1, 0.15) is 0 Å². The second-order valence-electron chi connectivity index (χ2n) is 5.76. The third-order valence-corrected chi connectivity index (χ3v) is 4.84. The summed E-state index contributed by atoms with van der Waals surface area (Å²) in [6.07, 6.45) is 5.31. The third kappa shape index (κ3) is 2.67. The molecule has 0 aromatic rings. The third-order valence-electron chi connectivity index (χ3n) is 4.84. The van der Waals surface area contributed by atoms with Crippen LogP contribution < -0.4 is 5.73 Å². The van der Waals surface area contributed by atoms with Gasteiger partial charge in [-0.25, -0.2) is 0 Å². The van der Waals surface area contributed by atoms with Gasteiger partial charge >= 0.3 is 0 Å². The van der Waals surface area contributed by atoms with Crippen LogP contribution in [0.1, 0.15) is 39.5 Å². The number of hydrogen-bond acceptors (Lipinski definition) is 3. The molecule has 100 valence electrons. The van der Waals surface area contributed by atoms with Crippen molar-refractivity contribution in [2.75, 3.05) is 39.3 Å². The van der Waals surface area contributed by atoms with Gasteiger partial charge < -0.3 is 10.6 Å². The Kier molecular flexibility index (Phi) is 4.45. The molecule has 2 N–H and O–H groups in total. The van der Waals surface area contributed by atoms with Crippen LogP contribution in [0.2, 0.25) is 0 Å². The number of nitrogens with zero attached hydrogens (tertiary/aromatic N) is 2. The molecule has 0 bridgehead atoms. The largest absolute Gasteiger partial charge is 0.329 e. The summed E-state index contributed by atoms with van der Waals surface area (Å²) >= 11 is 0. The fourth-order valence-corrected chi connectivity index (χ4v) is 3.56. The molecule has 1 aliphatic heterocycles. The van der Waals surface area contributed by atoms with Crippen molar-refractivity contribution in [3.8, 4) is 0 Å². The Bertz CT molecular complexity index is 226. The molecular formula is C14H29N3. The van der Waals surface area contributed by atoms with Crippen LogP contribution in [0.25, 0.3) is 0 Å². The maximum absolute atomic E-state index is 6.13. The van der Waals surface area contributed by atoms with E-state index in [1.165, 1.54) is 58.4 Å². The van der Waals surface area contributed by atoms with E-state index in [-0.39, 0.29) is 0 Å². The first-order chi connectivity index (χ1) is 8.26. The summed E-state index contributed by atoms with van der Waals surface area (Å²) in [7, 11) is 0. The van der Waals surface area contributed by atoms with Gasteiger partial charge in [0.25, 0.3) is 0 Å². The van der Waals surface area contributed by atoms with E-state index < -0.39 is 0 Å². The topological polar surface area (TPSA) is 32.5 Å². The minimum Gasteiger partial charge on any atom is -0.329 e. The zero-order chi connectivity index (χ0) is 12.3. The van der Waals surface area contributed by atoms with Crippen LogP contribution in [0, 0.1) is 5.92 Å². The summed E-state index contributed by atoms with van der Waals surface area (Å²) in [6, 6.07) is 0. The van der Waals surface area contributed by atoms with Crippen molar-refractivity contribution in [3.05, 3.63) is 0 Å². The van der Waals surface area contributed by atoms with Crippen LogP contribution in [0.5, 0.6) is 0 Å². The molecule has 0 amide bonds. The maximum Gasteiger partial charge on any atom is 0.0358 e. The van der Waals surface area contributed by atoms with Gasteiger partial charge in [0.15, 0.2) is 0 Å². The molecule has 2 aliphatic rings. The van der Waals surface area contributed by atoms with Crippen molar-refractivity contribution in [3.63, 3.8) is 0 Å². The molecule has 0 spiro atoms. The Morgan fingerprint density at radius 2 is 1.76 bits per heavy atom. The minimum atomic E-state index is 0.332. The maximum atomic E-state index is 6.13. The average molecular weight is 239 g/mol. The number of hydrogen-bond donors (Lipinski definition) is 1. The quantitative estimate of drug-likeness (QED) is 0.763. The first-order valence-electron chi connectivity index (χ1n) is 7.44. The summed E-state index contributed by atoms with van der Waals surface area (Å²) in [6.45, 7) is 11.6. The Hall–Kier alpha value is -0.120. The Balaban J connectivity index is 1.93. The lowest BCUT2D eigenvalue weighted by Gasteiger charge is -2.47. The standard InChI is InChI=1S/C14H29N3/c1-3-7-16-8-10-17(11-9-16)14(4-2,12-15)13-5-6-13/h13H,3-12,15H2,1-2H3. The Labute approximate surface area is 106 Å². The van der Waals surface area contributed by atoms with Gasteiger partial charge in [-0.15, -0.1) is 0 Å². The average Bonchev–Trinajstić information content (AvgIpc) is 3.19. The van der Waals surface area contributed by atoms with E-state index in [2.05, 4.69) is 23.6 Å². The highest BCUT2D eigenvalue weighted by atomic mass is 15.3. The van der Waals surface area contributed by atoms with E-state index in [9.17, 15) is 0 Å². The monoisotopic (exact) mass is 239 g/mol. The molecule has 3 nitrogen and oxygen atoms in total. The second kappa shape index (κ2) is 5.68. The molecule has 1 saturated carbocycles. The first kappa shape index (κ1) is 13.3. The minimum absolute atomic E-state index is 0.332. The van der Waals surface area contributed by atoms with Crippen molar-refractivity contribution in [2.45, 2.75) is 45.1 Å². The van der Waals surface area contributed by atoms with Crippen molar-refractivity contribution in [1.29, 1.82) is 0 Å². The predicted octanol–water partition coefficient (Wildman–Crippen LogP) is 1.53. The molecular weight excluding hydrogens is 210 g/mol. The lowest BCUT2D eigenvalue weighted by atomic mass is 9.87. The molecule has 1 atom stereocenters. The molecule has 17 heavy (non-hydrogen) atoms. The number of piperazine rings is 1. The van der Waals surface area contributed by atoms with E-state index in [0.29, 0.717) is 5.54 Å². The fraction of sp³-hybridized carbons (Fsp3) is 1.00. The van der Waals surface area contributed by atoms with Gasteiger partial charge in [-0.2, -0.15) is 0 Å². The second-order valence-corrected chi connectivity index (χ2v) is 5.76. The summed E-state index contributed by atoms with van der Waals surface area (Å²) < 4.78 is 0. The summed E-state index contributed by atoms with van der Waals surface area (Å²) in [5.74, 6) is 0.884. The molecule has 1 aliphatic carbocycles. The fourth-order valence-electron chi connectivity index (χ4n) is 3.56. The Morgan fingerprint density at radius 1 is 1.12 bits per heavy atom. The molecule has 0 aromatic heterocycles. The van der Waals surface area contributed by atoms with Gasteiger partial charge in [0, 0.05) is 38.3 Å².